The fourth-order valence-electron chi connectivity index (χ4n) is 1.27. The van der Waals surface area contributed by atoms with Crippen LogP contribution in [0.3, 0.4) is 0 Å². The van der Waals surface area contributed by atoms with Gasteiger partial charge in [-0.1, -0.05) is 29.3 Å². The highest BCUT2D eigenvalue weighted by Crippen LogP contribution is 2.29. The number of thioether (sulfide) groups is 1. The summed E-state index contributed by atoms with van der Waals surface area (Å²) in [5.74, 6) is 1.69. The Hall–Kier alpha value is -0.620. The summed E-state index contributed by atoms with van der Waals surface area (Å²) in [5.41, 5.74) is 0.486. The van der Waals surface area contributed by atoms with Crippen molar-refractivity contribution in [3.05, 3.63) is 28.2 Å². The minimum Gasteiger partial charge on any atom is -0.396 e. The van der Waals surface area contributed by atoms with E-state index in [1.165, 1.54) is 0 Å². The van der Waals surface area contributed by atoms with Gasteiger partial charge in [0, 0.05) is 18.9 Å². The molecule has 1 aromatic rings. The molecule has 0 aliphatic heterocycles. The Morgan fingerprint density at radius 1 is 1.32 bits per heavy atom. The van der Waals surface area contributed by atoms with Gasteiger partial charge in [-0.05, 0) is 24.3 Å². The molecule has 3 N–H and O–H groups in total. The smallest absolute Gasteiger partial charge is 0.319 e. The van der Waals surface area contributed by atoms with Crippen LogP contribution < -0.4 is 10.6 Å². The molecule has 0 aromatic heterocycles. The lowest BCUT2D eigenvalue weighted by Gasteiger charge is -2.09. The molecule has 2 amide bonds. The molecule has 0 fully saturated rings. The largest absolute Gasteiger partial charge is 0.396 e. The number of carbonyl (C=O) groups excluding carboxylic acids is 1. The number of halogens is 2. The number of aliphatic hydroxyl groups is 1. The van der Waals surface area contributed by atoms with Gasteiger partial charge >= 0.3 is 6.03 Å². The first-order valence-corrected chi connectivity index (χ1v) is 7.73. The van der Waals surface area contributed by atoms with Crippen LogP contribution in [0.25, 0.3) is 0 Å². The van der Waals surface area contributed by atoms with E-state index in [0.717, 1.165) is 17.9 Å². The van der Waals surface area contributed by atoms with E-state index in [0.29, 0.717) is 22.3 Å². The van der Waals surface area contributed by atoms with Crippen LogP contribution in [0.15, 0.2) is 18.2 Å². The van der Waals surface area contributed by atoms with Crippen molar-refractivity contribution in [3.63, 3.8) is 0 Å². The first-order valence-electron chi connectivity index (χ1n) is 5.82. The van der Waals surface area contributed by atoms with Crippen molar-refractivity contribution in [1.82, 2.24) is 5.32 Å². The van der Waals surface area contributed by atoms with E-state index in [9.17, 15) is 4.79 Å². The molecular weight excluding hydrogens is 307 g/mol. The number of urea groups is 1. The molecule has 0 saturated heterocycles. The van der Waals surface area contributed by atoms with Gasteiger partial charge < -0.3 is 15.7 Å². The number of benzene rings is 1. The van der Waals surface area contributed by atoms with Gasteiger partial charge in [0.25, 0.3) is 0 Å². The van der Waals surface area contributed by atoms with Gasteiger partial charge in [0.05, 0.1) is 15.7 Å². The lowest BCUT2D eigenvalue weighted by Crippen LogP contribution is -2.30. The third-order valence-electron chi connectivity index (χ3n) is 2.18. The Kier molecular flexibility index (Phi) is 8.05. The first-order chi connectivity index (χ1) is 9.15. The fraction of sp³-hybridized carbons (Fsp3) is 0.417. The molecule has 0 saturated carbocycles. The Bertz CT molecular complexity index is 419. The molecule has 0 atom stereocenters. The van der Waals surface area contributed by atoms with Crippen LogP contribution in [0, 0.1) is 0 Å². The van der Waals surface area contributed by atoms with Crippen LogP contribution in [-0.2, 0) is 0 Å². The van der Waals surface area contributed by atoms with Gasteiger partial charge in [0.15, 0.2) is 0 Å². The summed E-state index contributed by atoms with van der Waals surface area (Å²) in [6.45, 7) is 0.758. The summed E-state index contributed by atoms with van der Waals surface area (Å²) in [4.78, 5) is 11.6. The van der Waals surface area contributed by atoms with Gasteiger partial charge in [-0.15, -0.1) is 0 Å². The Morgan fingerprint density at radius 3 is 2.84 bits per heavy atom. The molecule has 0 radical (unpaired) electrons. The molecule has 0 aliphatic carbocycles. The van der Waals surface area contributed by atoms with Crippen molar-refractivity contribution in [2.45, 2.75) is 6.42 Å². The minimum absolute atomic E-state index is 0.203. The van der Waals surface area contributed by atoms with Crippen LogP contribution in [0.1, 0.15) is 6.42 Å². The predicted octanol–water partition coefficient (Wildman–Crippen LogP) is 3.23. The number of amides is 2. The van der Waals surface area contributed by atoms with E-state index in [1.807, 2.05) is 0 Å². The SMILES string of the molecule is O=C(NCCSCCCO)Nc1cccc(Cl)c1Cl. The van der Waals surface area contributed by atoms with Crippen molar-refractivity contribution in [2.24, 2.45) is 0 Å². The summed E-state index contributed by atoms with van der Waals surface area (Å²) in [6.07, 6.45) is 0.773. The quantitative estimate of drug-likeness (QED) is 0.675. The van der Waals surface area contributed by atoms with Gasteiger partial charge in [-0.3, -0.25) is 0 Å². The van der Waals surface area contributed by atoms with Crippen LogP contribution >= 0.6 is 35.0 Å². The van der Waals surface area contributed by atoms with Gasteiger partial charge in [-0.25, -0.2) is 4.79 Å². The molecule has 106 valence electrons. The third kappa shape index (κ3) is 6.38. The highest BCUT2D eigenvalue weighted by Gasteiger charge is 2.07. The molecule has 0 heterocycles. The lowest BCUT2D eigenvalue weighted by atomic mass is 10.3. The van der Waals surface area contributed by atoms with Crippen molar-refractivity contribution in [3.8, 4) is 0 Å². The molecule has 1 rings (SSSR count). The fourth-order valence-corrected chi connectivity index (χ4v) is 2.40. The summed E-state index contributed by atoms with van der Waals surface area (Å²) in [6, 6.07) is 4.75. The van der Waals surface area contributed by atoms with Crippen LogP contribution in [0.4, 0.5) is 10.5 Å². The number of hydrogen-bond donors (Lipinski definition) is 3. The number of aliphatic hydroxyl groups excluding tert-OH is 1. The van der Waals surface area contributed by atoms with Crippen molar-refractivity contribution in [1.29, 1.82) is 0 Å². The molecule has 4 nitrogen and oxygen atoms in total. The number of anilines is 1. The molecular formula is C12H16Cl2N2O2S. The zero-order chi connectivity index (χ0) is 14.1. The molecule has 1 aromatic carbocycles. The number of nitrogens with one attached hydrogen (secondary N) is 2. The normalized spacial score (nSPS) is 10.3. The number of rotatable bonds is 7. The highest BCUT2D eigenvalue weighted by molar-refractivity contribution is 7.99. The monoisotopic (exact) mass is 322 g/mol. The average molecular weight is 323 g/mol. The molecule has 0 bridgehead atoms. The van der Waals surface area contributed by atoms with Gasteiger partial charge in [-0.2, -0.15) is 11.8 Å². The maximum atomic E-state index is 11.6. The third-order valence-corrected chi connectivity index (χ3v) is 4.07. The lowest BCUT2D eigenvalue weighted by molar-refractivity contribution is 0.252. The maximum Gasteiger partial charge on any atom is 0.319 e. The summed E-state index contributed by atoms with van der Waals surface area (Å²) < 4.78 is 0. The first kappa shape index (κ1) is 16.4. The van der Waals surface area contributed by atoms with Crippen LogP contribution in [-0.4, -0.2) is 35.8 Å². The van der Waals surface area contributed by atoms with E-state index in [4.69, 9.17) is 28.3 Å². The van der Waals surface area contributed by atoms with E-state index >= 15 is 0 Å². The zero-order valence-electron chi connectivity index (χ0n) is 10.3. The average Bonchev–Trinajstić information content (AvgIpc) is 2.39. The molecule has 7 heteroatoms. The molecule has 0 aliphatic rings. The Labute approximate surface area is 126 Å². The van der Waals surface area contributed by atoms with E-state index in [-0.39, 0.29) is 12.6 Å². The molecule has 0 unspecified atom stereocenters. The Balaban J connectivity index is 2.26. The predicted molar refractivity (Wildman–Crippen MR) is 82.5 cm³/mol. The van der Waals surface area contributed by atoms with Gasteiger partial charge in [0.1, 0.15) is 0 Å². The second-order valence-corrected chi connectivity index (χ2v) is 5.68. The van der Waals surface area contributed by atoms with Crippen LogP contribution in [0.5, 0.6) is 0 Å². The Morgan fingerprint density at radius 2 is 2.11 bits per heavy atom. The van der Waals surface area contributed by atoms with Crippen molar-refractivity contribution in [2.75, 3.05) is 30.0 Å². The summed E-state index contributed by atoms with van der Waals surface area (Å²) in [5, 5.41) is 14.7. The standard InChI is InChI=1S/C12H16Cl2N2O2S/c13-9-3-1-4-10(11(9)14)16-12(18)15-5-8-19-7-2-6-17/h1,3-4,17H,2,5-8H2,(H2,15,16,18). The van der Waals surface area contributed by atoms with E-state index in [1.54, 1.807) is 30.0 Å². The molecule has 19 heavy (non-hydrogen) atoms. The molecule has 0 spiro atoms. The topological polar surface area (TPSA) is 61.4 Å². The number of carbonyl (C=O) groups is 1. The van der Waals surface area contributed by atoms with Crippen molar-refractivity contribution >= 4 is 46.7 Å². The number of hydrogen-bond acceptors (Lipinski definition) is 3. The minimum atomic E-state index is -0.313. The highest BCUT2D eigenvalue weighted by atomic mass is 35.5. The second kappa shape index (κ2) is 9.31. The van der Waals surface area contributed by atoms with Crippen LogP contribution in [0.2, 0.25) is 10.0 Å². The van der Waals surface area contributed by atoms with E-state index < -0.39 is 0 Å². The summed E-state index contributed by atoms with van der Waals surface area (Å²) >= 11 is 13.5. The maximum absolute atomic E-state index is 11.6. The summed E-state index contributed by atoms with van der Waals surface area (Å²) in [7, 11) is 0. The second-order valence-electron chi connectivity index (χ2n) is 3.67. The van der Waals surface area contributed by atoms with E-state index in [2.05, 4.69) is 10.6 Å². The zero-order valence-corrected chi connectivity index (χ0v) is 12.6. The van der Waals surface area contributed by atoms with Crippen molar-refractivity contribution < 1.29 is 9.90 Å². The van der Waals surface area contributed by atoms with Gasteiger partial charge in [0.2, 0.25) is 0 Å².